The van der Waals surface area contributed by atoms with Crippen LogP contribution in [0.5, 0.6) is 0 Å². The summed E-state index contributed by atoms with van der Waals surface area (Å²) in [4.78, 5) is 4.98. The monoisotopic (exact) mass is 221 g/mol. The summed E-state index contributed by atoms with van der Waals surface area (Å²) in [6.07, 6.45) is 0.387. The molecular weight excluding hydrogens is 206 g/mol. The van der Waals surface area contributed by atoms with E-state index < -0.39 is 10.0 Å². The van der Waals surface area contributed by atoms with E-state index in [1.165, 1.54) is 0 Å². The van der Waals surface area contributed by atoms with Crippen molar-refractivity contribution < 1.29 is 13.3 Å². The van der Waals surface area contributed by atoms with Crippen LogP contribution in [0.3, 0.4) is 0 Å². The van der Waals surface area contributed by atoms with Gasteiger partial charge in [0.05, 0.1) is 18.0 Å². The summed E-state index contributed by atoms with van der Waals surface area (Å²) < 4.78 is 24.6. The first-order chi connectivity index (χ1) is 6.57. The Morgan fingerprint density at radius 1 is 1.71 bits per heavy atom. The quantitative estimate of drug-likeness (QED) is 0.624. The Bertz CT molecular complexity index is 312. The molecule has 1 aliphatic heterocycles. The van der Waals surface area contributed by atoms with E-state index in [0.717, 1.165) is 5.71 Å². The van der Waals surface area contributed by atoms with E-state index in [1.54, 1.807) is 6.92 Å². The van der Waals surface area contributed by atoms with Crippen LogP contribution >= 0.6 is 0 Å². The number of oxime groups is 1. The van der Waals surface area contributed by atoms with Crippen LogP contribution in [-0.2, 0) is 14.9 Å². The van der Waals surface area contributed by atoms with Crippen LogP contribution in [0.1, 0.15) is 13.3 Å². The number of nitrogens with two attached hydrogens (primary N) is 1. The molecule has 0 aromatic carbocycles. The number of sulfonamides is 1. The predicted octanol–water partition coefficient (Wildman–Crippen LogP) is -0.971. The first-order valence-corrected chi connectivity index (χ1v) is 6.11. The summed E-state index contributed by atoms with van der Waals surface area (Å²) in [5, 5.41) is 3.72. The fourth-order valence-corrected chi connectivity index (χ4v) is 1.68. The second kappa shape index (κ2) is 4.72. The lowest BCUT2D eigenvalue weighted by Crippen LogP contribution is -2.33. The SMILES string of the molecule is CCS(=O)(=O)NC[C@@H]1CC(CN)=NO1. The number of rotatable bonds is 5. The Hall–Kier alpha value is -0.660. The normalized spacial score (nSPS) is 21.9. The Labute approximate surface area is 83.5 Å². The molecule has 3 N–H and O–H groups in total. The summed E-state index contributed by atoms with van der Waals surface area (Å²) in [5.41, 5.74) is 6.12. The fourth-order valence-electron chi connectivity index (χ4n) is 1.04. The zero-order valence-electron chi connectivity index (χ0n) is 8.06. The van der Waals surface area contributed by atoms with Crippen molar-refractivity contribution in [1.29, 1.82) is 0 Å². The van der Waals surface area contributed by atoms with E-state index in [2.05, 4.69) is 9.88 Å². The van der Waals surface area contributed by atoms with Crippen molar-refractivity contribution >= 4 is 15.7 Å². The number of hydrogen-bond donors (Lipinski definition) is 2. The zero-order valence-corrected chi connectivity index (χ0v) is 8.88. The van der Waals surface area contributed by atoms with Crippen molar-refractivity contribution in [3.63, 3.8) is 0 Å². The van der Waals surface area contributed by atoms with Gasteiger partial charge in [0, 0.05) is 13.0 Å². The molecule has 0 radical (unpaired) electrons. The molecule has 0 aliphatic carbocycles. The minimum atomic E-state index is -3.14. The van der Waals surface area contributed by atoms with Gasteiger partial charge in [-0.15, -0.1) is 0 Å². The minimum Gasteiger partial charge on any atom is -0.391 e. The van der Waals surface area contributed by atoms with Crippen molar-refractivity contribution in [2.75, 3.05) is 18.8 Å². The van der Waals surface area contributed by atoms with Crippen molar-refractivity contribution in [3.8, 4) is 0 Å². The first kappa shape index (κ1) is 11.4. The maximum Gasteiger partial charge on any atom is 0.211 e. The maximum atomic E-state index is 11.1. The van der Waals surface area contributed by atoms with E-state index in [9.17, 15) is 8.42 Å². The molecule has 7 heteroatoms. The molecule has 0 fully saturated rings. The lowest BCUT2D eigenvalue weighted by atomic mass is 10.2. The molecule has 14 heavy (non-hydrogen) atoms. The van der Waals surface area contributed by atoms with Crippen LogP contribution in [0.4, 0.5) is 0 Å². The molecule has 0 bridgehead atoms. The topological polar surface area (TPSA) is 93.8 Å². The van der Waals surface area contributed by atoms with Crippen LogP contribution in [0.15, 0.2) is 5.16 Å². The molecule has 0 saturated carbocycles. The van der Waals surface area contributed by atoms with E-state index in [4.69, 9.17) is 10.6 Å². The van der Waals surface area contributed by atoms with Gasteiger partial charge in [0.2, 0.25) is 10.0 Å². The lowest BCUT2D eigenvalue weighted by molar-refractivity contribution is 0.0891. The largest absolute Gasteiger partial charge is 0.391 e. The van der Waals surface area contributed by atoms with Gasteiger partial charge in [-0.25, -0.2) is 13.1 Å². The van der Waals surface area contributed by atoms with Crippen LogP contribution in [0, 0.1) is 0 Å². The summed E-state index contributed by atoms with van der Waals surface area (Å²) >= 11 is 0. The van der Waals surface area contributed by atoms with Crippen molar-refractivity contribution in [3.05, 3.63) is 0 Å². The highest BCUT2D eigenvalue weighted by Crippen LogP contribution is 2.08. The van der Waals surface area contributed by atoms with E-state index in [1.807, 2.05) is 0 Å². The highest BCUT2D eigenvalue weighted by Gasteiger charge is 2.21. The Morgan fingerprint density at radius 3 is 2.93 bits per heavy atom. The maximum absolute atomic E-state index is 11.1. The summed E-state index contributed by atoms with van der Waals surface area (Å²) in [5.74, 6) is 0.0737. The lowest BCUT2D eigenvalue weighted by Gasteiger charge is -2.08. The fraction of sp³-hybridized carbons (Fsp3) is 0.857. The van der Waals surface area contributed by atoms with Crippen molar-refractivity contribution in [2.45, 2.75) is 19.4 Å². The molecule has 0 amide bonds. The Balaban J connectivity index is 2.29. The average molecular weight is 221 g/mol. The second-order valence-corrected chi connectivity index (χ2v) is 5.14. The molecule has 0 unspecified atom stereocenters. The van der Waals surface area contributed by atoms with Gasteiger partial charge < -0.3 is 10.6 Å². The smallest absolute Gasteiger partial charge is 0.211 e. The minimum absolute atomic E-state index is 0.0737. The third-order valence-electron chi connectivity index (χ3n) is 1.94. The van der Waals surface area contributed by atoms with Crippen LogP contribution < -0.4 is 10.5 Å². The highest BCUT2D eigenvalue weighted by molar-refractivity contribution is 7.89. The second-order valence-electron chi connectivity index (χ2n) is 3.05. The van der Waals surface area contributed by atoms with Gasteiger partial charge in [0.25, 0.3) is 0 Å². The van der Waals surface area contributed by atoms with E-state index in [-0.39, 0.29) is 18.4 Å². The van der Waals surface area contributed by atoms with Gasteiger partial charge in [0.1, 0.15) is 6.10 Å². The Morgan fingerprint density at radius 2 is 2.43 bits per heavy atom. The molecule has 1 rings (SSSR count). The third-order valence-corrected chi connectivity index (χ3v) is 3.31. The highest BCUT2D eigenvalue weighted by atomic mass is 32.2. The number of nitrogens with zero attached hydrogens (tertiary/aromatic N) is 1. The van der Waals surface area contributed by atoms with Crippen LogP contribution in [-0.4, -0.2) is 39.1 Å². The molecule has 1 heterocycles. The molecule has 6 nitrogen and oxygen atoms in total. The molecule has 0 aromatic rings. The standard InChI is InChI=1S/C7H15N3O3S/c1-2-14(11,12)9-5-7-3-6(4-8)10-13-7/h7,9H,2-5,8H2,1H3/t7-/m0/s1. The average Bonchev–Trinajstić information content (AvgIpc) is 2.63. The number of nitrogens with one attached hydrogen (secondary N) is 1. The van der Waals surface area contributed by atoms with Gasteiger partial charge in [-0.05, 0) is 6.92 Å². The molecular formula is C7H15N3O3S. The molecule has 1 aliphatic rings. The van der Waals surface area contributed by atoms with Gasteiger partial charge >= 0.3 is 0 Å². The molecule has 1 atom stereocenters. The van der Waals surface area contributed by atoms with Gasteiger partial charge in [-0.1, -0.05) is 5.16 Å². The van der Waals surface area contributed by atoms with E-state index in [0.29, 0.717) is 13.0 Å². The summed E-state index contributed by atoms with van der Waals surface area (Å²) in [6, 6.07) is 0. The predicted molar refractivity (Wildman–Crippen MR) is 53.4 cm³/mol. The van der Waals surface area contributed by atoms with Crippen LogP contribution in [0.2, 0.25) is 0 Å². The van der Waals surface area contributed by atoms with Crippen molar-refractivity contribution in [1.82, 2.24) is 4.72 Å². The van der Waals surface area contributed by atoms with Crippen molar-refractivity contribution in [2.24, 2.45) is 10.9 Å². The van der Waals surface area contributed by atoms with Gasteiger partial charge in [-0.2, -0.15) is 0 Å². The summed E-state index contributed by atoms with van der Waals surface area (Å²) in [6.45, 7) is 2.19. The first-order valence-electron chi connectivity index (χ1n) is 4.46. The molecule has 0 saturated heterocycles. The molecule has 82 valence electrons. The van der Waals surface area contributed by atoms with Crippen LogP contribution in [0.25, 0.3) is 0 Å². The number of hydrogen-bond acceptors (Lipinski definition) is 5. The third kappa shape index (κ3) is 3.24. The van der Waals surface area contributed by atoms with E-state index >= 15 is 0 Å². The van der Waals surface area contributed by atoms with Gasteiger partial charge in [0.15, 0.2) is 0 Å². The molecule has 0 aromatic heterocycles. The summed E-state index contributed by atoms with van der Waals surface area (Å²) in [7, 11) is -3.14. The zero-order chi connectivity index (χ0) is 10.6. The molecule has 0 spiro atoms. The van der Waals surface area contributed by atoms with Gasteiger partial charge in [-0.3, -0.25) is 0 Å². The Kier molecular flexibility index (Phi) is 3.85.